The van der Waals surface area contributed by atoms with E-state index >= 15 is 0 Å². The fraction of sp³-hybridized carbons (Fsp3) is 0.533. The third-order valence-corrected chi connectivity index (χ3v) is 3.93. The number of nitrogens with zero attached hydrogens (tertiary/aromatic N) is 1. The van der Waals surface area contributed by atoms with Crippen molar-refractivity contribution in [3.8, 4) is 6.07 Å². The standard InChI is InChI=1S/C15H20ClN3O/c16-14-2-1-3-15(13(14)10-17)19-8-9-20-12-6-4-11(18)5-7-12/h1-3,11-12,19H,4-9,18H2. The van der Waals surface area contributed by atoms with Crippen molar-refractivity contribution in [2.45, 2.75) is 37.8 Å². The molecule has 0 spiro atoms. The van der Waals surface area contributed by atoms with Crippen molar-refractivity contribution in [1.29, 1.82) is 5.26 Å². The quantitative estimate of drug-likeness (QED) is 0.819. The molecule has 0 aliphatic heterocycles. The fourth-order valence-corrected chi connectivity index (χ4v) is 2.67. The van der Waals surface area contributed by atoms with Crippen LogP contribution in [0.4, 0.5) is 5.69 Å². The second-order valence-corrected chi connectivity index (χ2v) is 5.52. The van der Waals surface area contributed by atoms with Gasteiger partial charge in [0.05, 0.1) is 29.0 Å². The molecule has 1 aromatic rings. The lowest BCUT2D eigenvalue weighted by Crippen LogP contribution is -2.31. The minimum atomic E-state index is 0.325. The van der Waals surface area contributed by atoms with Crippen LogP contribution in [0, 0.1) is 11.3 Å². The number of anilines is 1. The van der Waals surface area contributed by atoms with E-state index in [9.17, 15) is 0 Å². The predicted molar refractivity (Wildman–Crippen MR) is 80.8 cm³/mol. The van der Waals surface area contributed by atoms with Crippen molar-refractivity contribution in [2.75, 3.05) is 18.5 Å². The number of nitrogens with two attached hydrogens (primary N) is 1. The first-order chi connectivity index (χ1) is 9.70. The molecule has 0 aromatic heterocycles. The Morgan fingerprint density at radius 2 is 2.10 bits per heavy atom. The topological polar surface area (TPSA) is 71.1 Å². The molecule has 3 N–H and O–H groups in total. The summed E-state index contributed by atoms with van der Waals surface area (Å²) in [6.07, 6.45) is 4.51. The summed E-state index contributed by atoms with van der Waals surface area (Å²) in [6, 6.07) is 7.85. The van der Waals surface area contributed by atoms with Gasteiger partial charge in [-0.1, -0.05) is 17.7 Å². The summed E-state index contributed by atoms with van der Waals surface area (Å²) >= 11 is 5.97. The highest BCUT2D eigenvalue weighted by atomic mass is 35.5. The molecule has 1 saturated carbocycles. The SMILES string of the molecule is N#Cc1c(Cl)cccc1NCCOC1CCC(N)CC1. The number of nitrogens with one attached hydrogen (secondary N) is 1. The van der Waals surface area contributed by atoms with Crippen LogP contribution in [0.25, 0.3) is 0 Å². The minimum absolute atomic E-state index is 0.325. The largest absolute Gasteiger partial charge is 0.382 e. The highest BCUT2D eigenvalue weighted by Crippen LogP contribution is 2.23. The highest BCUT2D eigenvalue weighted by Gasteiger charge is 2.18. The van der Waals surface area contributed by atoms with Crippen LogP contribution in [0.15, 0.2) is 18.2 Å². The number of halogens is 1. The zero-order valence-electron chi connectivity index (χ0n) is 11.4. The summed E-state index contributed by atoms with van der Waals surface area (Å²) in [5, 5.41) is 12.7. The lowest BCUT2D eigenvalue weighted by Gasteiger charge is -2.26. The molecule has 4 nitrogen and oxygen atoms in total. The zero-order valence-corrected chi connectivity index (χ0v) is 12.2. The van der Waals surface area contributed by atoms with E-state index in [4.69, 9.17) is 27.3 Å². The Morgan fingerprint density at radius 3 is 2.80 bits per heavy atom. The lowest BCUT2D eigenvalue weighted by molar-refractivity contribution is 0.0313. The summed E-state index contributed by atoms with van der Waals surface area (Å²) in [4.78, 5) is 0. The van der Waals surface area contributed by atoms with E-state index in [2.05, 4.69) is 11.4 Å². The van der Waals surface area contributed by atoms with Crippen molar-refractivity contribution in [3.63, 3.8) is 0 Å². The number of ether oxygens (including phenoxy) is 1. The Balaban J connectivity index is 1.74. The van der Waals surface area contributed by atoms with Gasteiger partial charge in [0.15, 0.2) is 0 Å². The number of nitriles is 1. The van der Waals surface area contributed by atoms with Gasteiger partial charge in [-0.05, 0) is 37.8 Å². The summed E-state index contributed by atoms with van der Waals surface area (Å²) in [6.45, 7) is 1.29. The third kappa shape index (κ3) is 4.11. The first-order valence-corrected chi connectivity index (χ1v) is 7.38. The molecule has 0 atom stereocenters. The molecule has 2 rings (SSSR count). The van der Waals surface area contributed by atoms with Gasteiger partial charge in [0.1, 0.15) is 6.07 Å². The van der Waals surface area contributed by atoms with Crippen LogP contribution < -0.4 is 11.1 Å². The molecule has 108 valence electrons. The van der Waals surface area contributed by atoms with E-state index < -0.39 is 0 Å². The van der Waals surface area contributed by atoms with Gasteiger partial charge in [-0.2, -0.15) is 5.26 Å². The van der Waals surface area contributed by atoms with E-state index in [0.717, 1.165) is 31.4 Å². The maximum Gasteiger partial charge on any atom is 0.103 e. The normalized spacial score (nSPS) is 22.2. The summed E-state index contributed by atoms with van der Waals surface area (Å²) < 4.78 is 5.82. The van der Waals surface area contributed by atoms with Crippen LogP contribution in [0.2, 0.25) is 5.02 Å². The Morgan fingerprint density at radius 1 is 1.35 bits per heavy atom. The van der Waals surface area contributed by atoms with Crippen LogP contribution in [0.5, 0.6) is 0 Å². The van der Waals surface area contributed by atoms with Crippen molar-refractivity contribution in [2.24, 2.45) is 5.73 Å². The van der Waals surface area contributed by atoms with Crippen molar-refractivity contribution in [1.82, 2.24) is 0 Å². The van der Waals surface area contributed by atoms with Gasteiger partial charge in [0, 0.05) is 12.6 Å². The van der Waals surface area contributed by atoms with Crippen LogP contribution in [-0.4, -0.2) is 25.3 Å². The van der Waals surface area contributed by atoms with Crippen LogP contribution in [0.3, 0.4) is 0 Å². The molecule has 0 saturated heterocycles. The van der Waals surface area contributed by atoms with Crippen molar-refractivity contribution < 1.29 is 4.74 Å². The molecule has 0 bridgehead atoms. The second-order valence-electron chi connectivity index (χ2n) is 5.11. The van der Waals surface area contributed by atoms with E-state index in [0.29, 0.717) is 35.9 Å². The molecule has 5 heteroatoms. The molecule has 0 heterocycles. The third-order valence-electron chi connectivity index (χ3n) is 3.62. The number of rotatable bonds is 5. The molecule has 0 unspecified atom stereocenters. The molecule has 0 amide bonds. The average Bonchev–Trinajstić information content (AvgIpc) is 2.45. The van der Waals surface area contributed by atoms with Gasteiger partial charge in [-0.15, -0.1) is 0 Å². The lowest BCUT2D eigenvalue weighted by atomic mass is 9.94. The molecule has 1 aliphatic carbocycles. The molecular formula is C15H20ClN3O. The van der Waals surface area contributed by atoms with Gasteiger partial charge in [0.25, 0.3) is 0 Å². The first kappa shape index (κ1) is 15.1. The Bertz CT molecular complexity index is 478. The molecule has 0 radical (unpaired) electrons. The average molecular weight is 294 g/mol. The molecule has 1 aliphatic rings. The Hall–Kier alpha value is -1.28. The highest BCUT2D eigenvalue weighted by molar-refractivity contribution is 6.32. The van der Waals surface area contributed by atoms with Gasteiger partial charge in [0.2, 0.25) is 0 Å². The Kier molecular flexibility index (Phi) is 5.66. The summed E-state index contributed by atoms with van der Waals surface area (Å²) in [7, 11) is 0. The molecular weight excluding hydrogens is 274 g/mol. The predicted octanol–water partition coefficient (Wildman–Crippen LogP) is 2.91. The van der Waals surface area contributed by atoms with Gasteiger partial charge in [-0.3, -0.25) is 0 Å². The fourth-order valence-electron chi connectivity index (χ4n) is 2.45. The van der Waals surface area contributed by atoms with E-state index in [1.807, 2.05) is 12.1 Å². The second kappa shape index (κ2) is 7.49. The molecule has 20 heavy (non-hydrogen) atoms. The van der Waals surface area contributed by atoms with E-state index in [-0.39, 0.29) is 0 Å². The number of hydrogen-bond acceptors (Lipinski definition) is 4. The summed E-state index contributed by atoms with van der Waals surface area (Å²) in [5.74, 6) is 0. The summed E-state index contributed by atoms with van der Waals surface area (Å²) in [5.41, 5.74) is 7.11. The molecule has 1 aromatic carbocycles. The van der Waals surface area contributed by atoms with Crippen LogP contribution in [-0.2, 0) is 4.74 Å². The minimum Gasteiger partial charge on any atom is -0.382 e. The van der Waals surface area contributed by atoms with Crippen LogP contribution in [0.1, 0.15) is 31.2 Å². The zero-order chi connectivity index (χ0) is 14.4. The smallest absolute Gasteiger partial charge is 0.103 e. The monoisotopic (exact) mass is 293 g/mol. The first-order valence-electron chi connectivity index (χ1n) is 7.00. The number of benzene rings is 1. The van der Waals surface area contributed by atoms with Crippen molar-refractivity contribution in [3.05, 3.63) is 28.8 Å². The van der Waals surface area contributed by atoms with E-state index in [1.54, 1.807) is 6.07 Å². The maximum atomic E-state index is 9.07. The number of hydrogen-bond donors (Lipinski definition) is 2. The van der Waals surface area contributed by atoms with Gasteiger partial charge in [-0.25, -0.2) is 0 Å². The van der Waals surface area contributed by atoms with Crippen molar-refractivity contribution >= 4 is 17.3 Å². The van der Waals surface area contributed by atoms with E-state index in [1.165, 1.54) is 0 Å². The Labute approximate surface area is 124 Å². The van der Waals surface area contributed by atoms with Crippen LogP contribution >= 0.6 is 11.6 Å². The molecule has 1 fully saturated rings. The van der Waals surface area contributed by atoms with Gasteiger partial charge >= 0.3 is 0 Å². The maximum absolute atomic E-state index is 9.07. The van der Waals surface area contributed by atoms with Gasteiger partial charge < -0.3 is 15.8 Å².